The third kappa shape index (κ3) is 10.7. The Morgan fingerprint density at radius 3 is 2.09 bits per heavy atom. The molecule has 0 amide bonds. The average Bonchev–Trinajstić information content (AvgIpc) is 2.90. The van der Waals surface area contributed by atoms with Gasteiger partial charge in [-0.25, -0.2) is 9.97 Å². The summed E-state index contributed by atoms with van der Waals surface area (Å²) in [6, 6.07) is 8.86. The first-order valence-corrected chi connectivity index (χ1v) is 14.8. The van der Waals surface area contributed by atoms with Gasteiger partial charge in [0.05, 0.1) is 0 Å². The van der Waals surface area contributed by atoms with Crippen LogP contribution in [-0.4, -0.2) is 9.97 Å². The van der Waals surface area contributed by atoms with E-state index in [-0.39, 0.29) is 0 Å². The molecule has 2 nitrogen and oxygen atoms in total. The minimum Gasteiger partial charge on any atom is -0.236 e. The molecule has 1 aromatic heterocycles. The second-order valence-electron chi connectivity index (χ2n) is 10.9. The molecular formula is C33H50N2. The number of aromatic nitrogens is 2. The monoisotopic (exact) mass is 474 g/mol. The Labute approximate surface area is 216 Å². The van der Waals surface area contributed by atoms with Crippen LogP contribution in [0.2, 0.25) is 0 Å². The Kier molecular flexibility index (Phi) is 13.2. The Bertz CT molecular complexity index is 813. The molecule has 0 aliphatic heterocycles. The fraction of sp³-hybridized carbons (Fsp3) is 0.636. The van der Waals surface area contributed by atoms with E-state index >= 15 is 0 Å². The fourth-order valence-electron chi connectivity index (χ4n) is 5.45. The maximum atomic E-state index is 4.64. The molecule has 192 valence electrons. The number of hydrogen-bond donors (Lipinski definition) is 0. The van der Waals surface area contributed by atoms with E-state index in [1.165, 1.54) is 101 Å². The van der Waals surface area contributed by atoms with Crippen molar-refractivity contribution in [3.63, 3.8) is 0 Å². The maximum Gasteiger partial charge on any atom is 0.159 e. The van der Waals surface area contributed by atoms with Crippen molar-refractivity contribution in [2.45, 2.75) is 123 Å². The standard InChI is InChI=1S/C33H50N2/c1-3-5-7-8-9-11-17-31-26-34-33(35-27-31)32-24-22-30(23-25-32)16-13-12-15-29-20-18-28(19-21-29)14-10-6-4-2/h12,15,22-29H,3-11,13-14,16-21H2,1-2H3. The van der Waals surface area contributed by atoms with Gasteiger partial charge in [0, 0.05) is 18.0 Å². The van der Waals surface area contributed by atoms with Crippen LogP contribution in [0, 0.1) is 11.8 Å². The van der Waals surface area contributed by atoms with Crippen LogP contribution in [0.4, 0.5) is 0 Å². The summed E-state index contributed by atoms with van der Waals surface area (Å²) < 4.78 is 0. The van der Waals surface area contributed by atoms with E-state index in [4.69, 9.17) is 0 Å². The summed E-state index contributed by atoms with van der Waals surface area (Å²) in [7, 11) is 0. The zero-order valence-electron chi connectivity index (χ0n) is 22.7. The number of unbranched alkanes of at least 4 members (excludes halogenated alkanes) is 7. The quantitative estimate of drug-likeness (QED) is 0.179. The molecule has 0 radical (unpaired) electrons. The van der Waals surface area contributed by atoms with Crippen LogP contribution in [0.3, 0.4) is 0 Å². The summed E-state index contributed by atoms with van der Waals surface area (Å²) in [5.74, 6) is 2.67. The average molecular weight is 475 g/mol. The molecule has 2 aromatic rings. The van der Waals surface area contributed by atoms with Crippen molar-refractivity contribution in [1.82, 2.24) is 9.97 Å². The lowest BCUT2D eigenvalue weighted by Crippen LogP contribution is -2.13. The second-order valence-corrected chi connectivity index (χ2v) is 10.9. The van der Waals surface area contributed by atoms with E-state index < -0.39 is 0 Å². The first-order chi connectivity index (χ1) is 17.3. The number of rotatable bonds is 16. The van der Waals surface area contributed by atoms with Crippen molar-refractivity contribution in [1.29, 1.82) is 0 Å². The number of allylic oxidation sites excluding steroid dienone is 2. The molecule has 0 N–H and O–H groups in total. The van der Waals surface area contributed by atoms with Crippen LogP contribution in [0.1, 0.15) is 121 Å². The van der Waals surface area contributed by atoms with Crippen LogP contribution >= 0.6 is 0 Å². The normalized spacial score (nSPS) is 18.3. The molecule has 1 aliphatic rings. The van der Waals surface area contributed by atoms with Gasteiger partial charge in [-0.15, -0.1) is 0 Å². The molecule has 0 atom stereocenters. The summed E-state index contributed by atoms with van der Waals surface area (Å²) in [6.07, 6.45) is 31.7. The minimum absolute atomic E-state index is 0.820. The van der Waals surface area contributed by atoms with E-state index in [0.29, 0.717) is 0 Å². The molecule has 1 fully saturated rings. The molecule has 0 unspecified atom stereocenters. The van der Waals surface area contributed by atoms with E-state index in [0.717, 1.165) is 42.5 Å². The zero-order valence-corrected chi connectivity index (χ0v) is 22.7. The van der Waals surface area contributed by atoms with Crippen molar-refractivity contribution in [2.75, 3.05) is 0 Å². The first-order valence-electron chi connectivity index (χ1n) is 14.8. The van der Waals surface area contributed by atoms with Crippen molar-refractivity contribution in [3.8, 4) is 11.4 Å². The van der Waals surface area contributed by atoms with Crippen LogP contribution in [0.25, 0.3) is 11.4 Å². The predicted octanol–water partition coefficient (Wildman–Crippen LogP) is 9.92. The Morgan fingerprint density at radius 2 is 1.37 bits per heavy atom. The van der Waals surface area contributed by atoms with Crippen molar-refractivity contribution < 1.29 is 0 Å². The van der Waals surface area contributed by atoms with Gasteiger partial charge in [-0.3, -0.25) is 0 Å². The molecule has 1 aliphatic carbocycles. The van der Waals surface area contributed by atoms with Crippen LogP contribution < -0.4 is 0 Å². The maximum absolute atomic E-state index is 4.64. The summed E-state index contributed by atoms with van der Waals surface area (Å²) in [5, 5.41) is 0. The highest BCUT2D eigenvalue weighted by atomic mass is 14.9. The van der Waals surface area contributed by atoms with E-state index in [9.17, 15) is 0 Å². The molecule has 1 saturated carbocycles. The highest BCUT2D eigenvalue weighted by molar-refractivity contribution is 5.55. The van der Waals surface area contributed by atoms with Gasteiger partial charge >= 0.3 is 0 Å². The van der Waals surface area contributed by atoms with Crippen LogP contribution in [0.5, 0.6) is 0 Å². The second kappa shape index (κ2) is 16.7. The minimum atomic E-state index is 0.820. The molecule has 0 saturated heterocycles. The smallest absolute Gasteiger partial charge is 0.159 e. The predicted molar refractivity (Wildman–Crippen MR) is 152 cm³/mol. The van der Waals surface area contributed by atoms with Gasteiger partial charge in [0.15, 0.2) is 5.82 Å². The van der Waals surface area contributed by atoms with E-state index in [1.54, 1.807) is 0 Å². The van der Waals surface area contributed by atoms with Crippen molar-refractivity contribution in [3.05, 3.63) is 59.9 Å². The highest BCUT2D eigenvalue weighted by Gasteiger charge is 2.18. The molecule has 3 rings (SSSR count). The molecule has 0 bridgehead atoms. The molecule has 1 heterocycles. The third-order valence-electron chi connectivity index (χ3n) is 7.85. The Morgan fingerprint density at radius 1 is 0.714 bits per heavy atom. The molecule has 2 heteroatoms. The summed E-state index contributed by atoms with van der Waals surface area (Å²) in [4.78, 5) is 9.28. The summed E-state index contributed by atoms with van der Waals surface area (Å²) in [6.45, 7) is 4.58. The van der Waals surface area contributed by atoms with Crippen LogP contribution in [0.15, 0.2) is 48.8 Å². The molecule has 35 heavy (non-hydrogen) atoms. The van der Waals surface area contributed by atoms with Gasteiger partial charge in [-0.1, -0.05) is 108 Å². The summed E-state index contributed by atoms with van der Waals surface area (Å²) in [5.41, 5.74) is 3.78. The SMILES string of the molecule is CCCCCCCCc1cnc(-c2ccc(CCC=CC3CCC(CCCCC)CC3)cc2)nc1. The fourth-order valence-corrected chi connectivity index (χ4v) is 5.45. The lowest BCUT2D eigenvalue weighted by atomic mass is 9.79. The van der Waals surface area contributed by atoms with Gasteiger partial charge in [0.25, 0.3) is 0 Å². The number of nitrogens with zero attached hydrogens (tertiary/aromatic N) is 2. The first kappa shape index (κ1) is 27.6. The lowest BCUT2D eigenvalue weighted by molar-refractivity contribution is 0.289. The largest absolute Gasteiger partial charge is 0.236 e. The summed E-state index contributed by atoms with van der Waals surface area (Å²) >= 11 is 0. The Hall–Kier alpha value is -1.96. The number of aryl methyl sites for hydroxylation is 2. The number of hydrogen-bond acceptors (Lipinski definition) is 2. The van der Waals surface area contributed by atoms with Crippen molar-refractivity contribution in [2.24, 2.45) is 11.8 Å². The van der Waals surface area contributed by atoms with Crippen molar-refractivity contribution >= 4 is 0 Å². The lowest BCUT2D eigenvalue weighted by Gasteiger charge is -2.26. The Balaban J connectivity index is 1.33. The molecule has 1 aromatic carbocycles. The van der Waals surface area contributed by atoms with Gasteiger partial charge in [-0.05, 0) is 74.3 Å². The number of benzene rings is 1. The third-order valence-corrected chi connectivity index (χ3v) is 7.85. The highest BCUT2D eigenvalue weighted by Crippen LogP contribution is 2.32. The van der Waals surface area contributed by atoms with Gasteiger partial charge in [-0.2, -0.15) is 0 Å². The zero-order chi connectivity index (χ0) is 24.6. The molecular weight excluding hydrogens is 424 g/mol. The van der Waals surface area contributed by atoms with Gasteiger partial charge in [0.2, 0.25) is 0 Å². The van der Waals surface area contributed by atoms with E-state index in [1.807, 2.05) is 12.4 Å². The van der Waals surface area contributed by atoms with Gasteiger partial charge < -0.3 is 0 Å². The van der Waals surface area contributed by atoms with E-state index in [2.05, 4.69) is 60.2 Å². The van der Waals surface area contributed by atoms with Gasteiger partial charge in [0.1, 0.15) is 0 Å². The topological polar surface area (TPSA) is 25.8 Å². The van der Waals surface area contributed by atoms with Crippen LogP contribution in [-0.2, 0) is 12.8 Å². The molecule has 0 spiro atoms.